The number of pyridine rings is 1. The van der Waals surface area contributed by atoms with Gasteiger partial charge in [-0.05, 0) is 33.3 Å². The quantitative estimate of drug-likeness (QED) is 0.737. The fraction of sp³-hybridized carbons (Fsp3) is 0.444. The van der Waals surface area contributed by atoms with Gasteiger partial charge in [0.1, 0.15) is 17.1 Å². The van der Waals surface area contributed by atoms with E-state index in [0.717, 1.165) is 12.5 Å². The van der Waals surface area contributed by atoms with Gasteiger partial charge >= 0.3 is 5.97 Å². The number of fused-ring (bicyclic) bond motifs is 1. The monoisotopic (exact) mass is 396 g/mol. The Balaban J connectivity index is 2.29. The number of rotatable bonds is 3. The van der Waals surface area contributed by atoms with E-state index in [-0.39, 0.29) is 27.7 Å². The number of aromatic carboxylic acids is 1. The molecule has 3 rings (SSSR count). The predicted molar refractivity (Wildman–Crippen MR) is 103 cm³/mol. The lowest BCUT2D eigenvalue weighted by Gasteiger charge is -2.28. The lowest BCUT2D eigenvalue weighted by atomic mass is 10.0. The van der Waals surface area contributed by atoms with E-state index in [0.29, 0.717) is 13.1 Å². The number of halogens is 2. The molecule has 1 atom stereocenters. The summed E-state index contributed by atoms with van der Waals surface area (Å²) >= 11 is 6.51. The van der Waals surface area contributed by atoms with Gasteiger partial charge in [0.05, 0.1) is 15.9 Å². The number of aromatic nitrogens is 1. The van der Waals surface area contributed by atoms with E-state index in [9.17, 15) is 19.1 Å². The van der Waals surface area contributed by atoms with E-state index in [2.05, 4.69) is 5.43 Å². The maximum atomic E-state index is 14.8. The van der Waals surface area contributed by atoms with Crippen LogP contribution in [0.1, 0.15) is 37.6 Å². The molecular formula is C18H22ClFN4O3. The zero-order valence-electron chi connectivity index (χ0n) is 15.3. The number of nitrogens with one attached hydrogen (secondary N) is 1. The van der Waals surface area contributed by atoms with Crippen molar-refractivity contribution < 1.29 is 14.3 Å². The van der Waals surface area contributed by atoms with E-state index in [1.54, 1.807) is 9.58 Å². The summed E-state index contributed by atoms with van der Waals surface area (Å²) in [5.74, 6) is -2.10. The van der Waals surface area contributed by atoms with Crippen LogP contribution >= 0.6 is 11.6 Å². The zero-order chi connectivity index (χ0) is 20.1. The third kappa shape index (κ3) is 3.52. The van der Waals surface area contributed by atoms with Crippen molar-refractivity contribution in [2.45, 2.75) is 38.8 Å². The second kappa shape index (κ2) is 6.78. The Labute approximate surface area is 160 Å². The fourth-order valence-electron chi connectivity index (χ4n) is 3.25. The third-order valence-electron chi connectivity index (χ3n) is 4.63. The lowest BCUT2D eigenvalue weighted by molar-refractivity contribution is 0.0694. The Hall–Kier alpha value is -2.16. The van der Waals surface area contributed by atoms with E-state index < -0.39 is 28.3 Å². The Kier molecular flexibility index (Phi) is 4.92. The summed E-state index contributed by atoms with van der Waals surface area (Å²) in [5, 5.41) is 11.1. The molecule has 27 heavy (non-hydrogen) atoms. The van der Waals surface area contributed by atoms with Crippen LogP contribution in [-0.2, 0) is 5.54 Å². The van der Waals surface area contributed by atoms with Crippen LogP contribution < -0.4 is 16.6 Å². The van der Waals surface area contributed by atoms with Gasteiger partial charge in [0.15, 0.2) is 0 Å². The van der Waals surface area contributed by atoms with Crippen molar-refractivity contribution in [1.29, 1.82) is 0 Å². The first-order valence-electron chi connectivity index (χ1n) is 8.59. The molecule has 4 N–H and O–H groups in total. The molecule has 1 aliphatic rings. The Morgan fingerprint density at radius 3 is 2.63 bits per heavy atom. The van der Waals surface area contributed by atoms with Crippen LogP contribution in [0, 0.1) is 5.82 Å². The molecular weight excluding hydrogens is 375 g/mol. The molecule has 0 aliphatic carbocycles. The van der Waals surface area contributed by atoms with Crippen molar-refractivity contribution in [2.24, 2.45) is 5.73 Å². The molecule has 2 aromatic rings. The number of hydrogen-bond acceptors (Lipinski definition) is 5. The topological polar surface area (TPSA) is 101 Å². The van der Waals surface area contributed by atoms with E-state index in [1.165, 1.54) is 6.20 Å². The van der Waals surface area contributed by atoms with Gasteiger partial charge in [-0.15, -0.1) is 0 Å². The molecule has 1 aromatic heterocycles. The van der Waals surface area contributed by atoms with Crippen LogP contribution in [0.2, 0.25) is 5.02 Å². The van der Waals surface area contributed by atoms with Gasteiger partial charge in [0, 0.05) is 30.9 Å². The maximum absolute atomic E-state index is 14.8. The summed E-state index contributed by atoms with van der Waals surface area (Å²) in [6.07, 6.45) is 2.03. The summed E-state index contributed by atoms with van der Waals surface area (Å²) in [7, 11) is 0. The standard InChI is InChI=1S/C18H22ClFN4O3/c1-18(2,3)24-8-11(17(26)27)16(25)10-6-12(20)14(13(19)15(10)24)22-23-5-4-9(21)7-23/h6,8-9,22H,4-5,7,21H2,1-3H3,(H,26,27). The summed E-state index contributed by atoms with van der Waals surface area (Å²) in [6, 6.07) is 1.03. The van der Waals surface area contributed by atoms with Crippen LogP contribution in [-0.4, -0.2) is 39.8 Å². The second-order valence-electron chi connectivity index (χ2n) is 7.77. The molecule has 0 amide bonds. The van der Waals surface area contributed by atoms with Crippen molar-refractivity contribution in [3.05, 3.63) is 38.9 Å². The van der Waals surface area contributed by atoms with Crippen molar-refractivity contribution in [2.75, 3.05) is 18.5 Å². The summed E-state index contributed by atoms with van der Waals surface area (Å²) in [4.78, 5) is 24.1. The highest BCUT2D eigenvalue weighted by Gasteiger charge is 2.27. The molecule has 1 aliphatic heterocycles. The molecule has 1 saturated heterocycles. The van der Waals surface area contributed by atoms with Gasteiger partial charge in [-0.2, -0.15) is 0 Å². The van der Waals surface area contributed by atoms with Gasteiger partial charge in [0.2, 0.25) is 5.43 Å². The molecule has 0 bridgehead atoms. The predicted octanol–water partition coefficient (Wildman–Crippen LogP) is 2.61. The number of nitrogens with zero attached hydrogens (tertiary/aromatic N) is 2. The van der Waals surface area contributed by atoms with E-state index in [4.69, 9.17) is 17.3 Å². The molecule has 0 saturated carbocycles. The van der Waals surface area contributed by atoms with Crippen LogP contribution in [0.3, 0.4) is 0 Å². The van der Waals surface area contributed by atoms with Gasteiger partial charge < -0.3 is 20.8 Å². The molecule has 1 fully saturated rings. The lowest BCUT2D eigenvalue weighted by Crippen LogP contribution is -2.32. The third-order valence-corrected chi connectivity index (χ3v) is 5.00. The first-order chi connectivity index (χ1) is 12.5. The minimum absolute atomic E-state index is 0.00864. The summed E-state index contributed by atoms with van der Waals surface area (Å²) < 4.78 is 16.4. The molecule has 1 aromatic carbocycles. The average molecular weight is 397 g/mol. The van der Waals surface area contributed by atoms with E-state index in [1.807, 2.05) is 20.8 Å². The van der Waals surface area contributed by atoms with Crippen molar-refractivity contribution in [3.8, 4) is 0 Å². The smallest absolute Gasteiger partial charge is 0.341 e. The highest BCUT2D eigenvalue weighted by Crippen LogP contribution is 2.35. The number of carboxylic acid groups (broad SMARTS) is 1. The van der Waals surface area contributed by atoms with Crippen LogP contribution in [0.15, 0.2) is 17.1 Å². The number of hydrogen-bond donors (Lipinski definition) is 3. The Morgan fingerprint density at radius 1 is 1.44 bits per heavy atom. The van der Waals surface area contributed by atoms with Gasteiger partial charge in [-0.25, -0.2) is 14.2 Å². The van der Waals surface area contributed by atoms with Gasteiger partial charge in [-0.3, -0.25) is 4.79 Å². The maximum Gasteiger partial charge on any atom is 0.341 e. The van der Waals surface area contributed by atoms with E-state index >= 15 is 0 Å². The zero-order valence-corrected chi connectivity index (χ0v) is 16.1. The van der Waals surface area contributed by atoms with Crippen LogP contribution in [0.25, 0.3) is 10.9 Å². The molecule has 7 nitrogen and oxygen atoms in total. The minimum Gasteiger partial charge on any atom is -0.477 e. The molecule has 2 heterocycles. The number of nitrogens with two attached hydrogens (primary N) is 1. The summed E-state index contributed by atoms with van der Waals surface area (Å²) in [6.45, 7) is 6.70. The number of carbonyl (C=O) groups is 1. The molecule has 146 valence electrons. The largest absolute Gasteiger partial charge is 0.477 e. The normalized spacial score (nSPS) is 18.2. The molecule has 9 heteroatoms. The van der Waals surface area contributed by atoms with Crippen LogP contribution in [0.5, 0.6) is 0 Å². The number of carboxylic acids is 1. The van der Waals surface area contributed by atoms with Crippen LogP contribution in [0.4, 0.5) is 10.1 Å². The van der Waals surface area contributed by atoms with Crippen molar-refractivity contribution in [3.63, 3.8) is 0 Å². The highest BCUT2D eigenvalue weighted by atomic mass is 35.5. The molecule has 0 radical (unpaired) electrons. The molecule has 0 spiro atoms. The number of anilines is 1. The average Bonchev–Trinajstić information content (AvgIpc) is 2.96. The van der Waals surface area contributed by atoms with Gasteiger partial charge in [0.25, 0.3) is 0 Å². The number of benzene rings is 1. The molecule has 1 unspecified atom stereocenters. The second-order valence-corrected chi connectivity index (χ2v) is 8.15. The summed E-state index contributed by atoms with van der Waals surface area (Å²) in [5.41, 5.74) is 7.36. The first kappa shape index (κ1) is 19.6. The minimum atomic E-state index is -1.37. The highest BCUT2D eigenvalue weighted by molar-refractivity contribution is 6.38. The SMILES string of the molecule is CC(C)(C)n1cc(C(=O)O)c(=O)c2cc(F)c(NN3CCC(N)C3)c(Cl)c21. The van der Waals surface area contributed by atoms with Gasteiger partial charge in [-0.1, -0.05) is 11.6 Å². The van der Waals surface area contributed by atoms with Crippen molar-refractivity contribution in [1.82, 2.24) is 9.58 Å². The Bertz CT molecular complexity index is 983. The Morgan fingerprint density at radius 2 is 2.11 bits per heavy atom. The fourth-order valence-corrected chi connectivity index (χ4v) is 3.57. The first-order valence-corrected chi connectivity index (χ1v) is 8.97. The van der Waals surface area contributed by atoms with Crippen molar-refractivity contribution >= 4 is 34.2 Å². The number of hydrazine groups is 1.